The van der Waals surface area contributed by atoms with Gasteiger partial charge in [0, 0.05) is 15.6 Å². The van der Waals surface area contributed by atoms with Crippen molar-refractivity contribution in [2.45, 2.75) is 6.61 Å². The monoisotopic (exact) mass is 376 g/mol. The fourth-order valence-electron chi connectivity index (χ4n) is 2.07. The van der Waals surface area contributed by atoms with Gasteiger partial charge in [-0.15, -0.1) is 10.2 Å². The zero-order valence-corrected chi connectivity index (χ0v) is 14.8. The van der Waals surface area contributed by atoms with Gasteiger partial charge in [0.05, 0.1) is 13.3 Å². The van der Waals surface area contributed by atoms with Gasteiger partial charge < -0.3 is 9.47 Å². The lowest BCUT2D eigenvalue weighted by Gasteiger charge is -2.12. The lowest BCUT2D eigenvalue weighted by Crippen LogP contribution is -1.99. The number of ether oxygens (including phenoxy) is 2. The molecule has 0 radical (unpaired) electrons. The van der Waals surface area contributed by atoms with Gasteiger partial charge in [0.2, 0.25) is 0 Å². The Hall–Kier alpha value is -2.57. The third kappa shape index (κ3) is 4.49. The number of nitrogens with zero attached hydrogens (tertiary/aromatic N) is 4. The average molecular weight is 377 g/mol. The van der Waals surface area contributed by atoms with Crippen molar-refractivity contribution in [3.05, 3.63) is 70.2 Å². The Morgan fingerprint density at radius 3 is 2.60 bits per heavy atom. The summed E-state index contributed by atoms with van der Waals surface area (Å²) in [6, 6.07) is 10.8. The van der Waals surface area contributed by atoms with Crippen LogP contribution in [0, 0.1) is 0 Å². The minimum atomic E-state index is 0.306. The topological polar surface area (TPSA) is 61.5 Å². The van der Waals surface area contributed by atoms with Crippen molar-refractivity contribution < 1.29 is 9.47 Å². The van der Waals surface area contributed by atoms with Crippen molar-refractivity contribution in [3.63, 3.8) is 0 Å². The Kier molecular flexibility index (Phi) is 5.53. The van der Waals surface area contributed by atoms with Crippen molar-refractivity contribution in [1.82, 2.24) is 14.9 Å². The molecule has 0 fully saturated rings. The number of hydrogen-bond acceptors (Lipinski definition) is 5. The summed E-state index contributed by atoms with van der Waals surface area (Å²) in [6.07, 6.45) is 4.67. The Morgan fingerprint density at radius 2 is 1.88 bits per heavy atom. The minimum absolute atomic E-state index is 0.306. The summed E-state index contributed by atoms with van der Waals surface area (Å²) in [5.74, 6) is 1.20. The molecule has 0 amide bonds. The summed E-state index contributed by atoms with van der Waals surface area (Å²) >= 11 is 12.1. The van der Waals surface area contributed by atoms with E-state index in [9.17, 15) is 0 Å². The van der Waals surface area contributed by atoms with Gasteiger partial charge in [0.25, 0.3) is 0 Å². The van der Waals surface area contributed by atoms with Crippen LogP contribution in [-0.4, -0.2) is 28.2 Å². The van der Waals surface area contributed by atoms with Gasteiger partial charge in [-0.2, -0.15) is 5.10 Å². The van der Waals surface area contributed by atoms with E-state index >= 15 is 0 Å². The molecule has 0 bridgehead atoms. The van der Waals surface area contributed by atoms with Crippen LogP contribution in [0.15, 0.2) is 54.2 Å². The van der Waals surface area contributed by atoms with Crippen LogP contribution in [0.5, 0.6) is 11.5 Å². The highest BCUT2D eigenvalue weighted by molar-refractivity contribution is 6.35. The zero-order chi connectivity index (χ0) is 17.6. The normalized spacial score (nSPS) is 11.0. The van der Waals surface area contributed by atoms with Gasteiger partial charge in [0.1, 0.15) is 19.3 Å². The van der Waals surface area contributed by atoms with E-state index in [0.717, 1.165) is 11.1 Å². The highest BCUT2D eigenvalue weighted by Crippen LogP contribution is 2.29. The van der Waals surface area contributed by atoms with Crippen LogP contribution in [0.25, 0.3) is 0 Å². The molecule has 6 nitrogen and oxygen atoms in total. The molecule has 0 saturated heterocycles. The van der Waals surface area contributed by atoms with Gasteiger partial charge >= 0.3 is 0 Å². The second kappa shape index (κ2) is 8.00. The van der Waals surface area contributed by atoms with Gasteiger partial charge in [0.15, 0.2) is 11.5 Å². The molecule has 3 rings (SSSR count). The maximum atomic E-state index is 6.16. The fraction of sp³-hybridized carbons (Fsp3) is 0.118. The highest BCUT2D eigenvalue weighted by Gasteiger charge is 2.08. The van der Waals surface area contributed by atoms with Gasteiger partial charge in [-0.1, -0.05) is 29.3 Å². The summed E-state index contributed by atoms with van der Waals surface area (Å²) in [4.78, 5) is 0. The molecule has 25 heavy (non-hydrogen) atoms. The smallest absolute Gasteiger partial charge is 0.161 e. The van der Waals surface area contributed by atoms with Crippen molar-refractivity contribution in [2.75, 3.05) is 7.11 Å². The molecule has 3 aromatic rings. The molecule has 0 unspecified atom stereocenters. The maximum absolute atomic E-state index is 6.16. The Bertz CT molecular complexity index is 882. The average Bonchev–Trinajstić information content (AvgIpc) is 3.13. The second-order valence-corrected chi connectivity index (χ2v) is 5.86. The van der Waals surface area contributed by atoms with E-state index in [1.54, 1.807) is 25.5 Å². The first-order valence-electron chi connectivity index (χ1n) is 7.29. The third-order valence-electron chi connectivity index (χ3n) is 3.33. The van der Waals surface area contributed by atoms with Crippen molar-refractivity contribution in [1.29, 1.82) is 0 Å². The van der Waals surface area contributed by atoms with Crippen LogP contribution in [0.4, 0.5) is 0 Å². The van der Waals surface area contributed by atoms with Crippen LogP contribution < -0.4 is 9.47 Å². The molecular weight excluding hydrogens is 363 g/mol. The lowest BCUT2D eigenvalue weighted by molar-refractivity contribution is 0.284. The van der Waals surface area contributed by atoms with Gasteiger partial charge in [-0.3, -0.25) is 0 Å². The summed E-state index contributed by atoms with van der Waals surface area (Å²) in [5, 5.41) is 12.7. The molecule has 1 aromatic heterocycles. The number of aromatic nitrogens is 3. The molecule has 0 saturated carbocycles. The van der Waals surface area contributed by atoms with Crippen molar-refractivity contribution >= 4 is 29.4 Å². The number of methoxy groups -OCH3 is 1. The molecule has 8 heteroatoms. The summed E-state index contributed by atoms with van der Waals surface area (Å²) < 4.78 is 12.7. The van der Waals surface area contributed by atoms with E-state index < -0.39 is 0 Å². The van der Waals surface area contributed by atoms with Crippen LogP contribution in [0.2, 0.25) is 10.0 Å². The van der Waals surface area contributed by atoms with Gasteiger partial charge in [-0.05, 0) is 35.9 Å². The third-order valence-corrected chi connectivity index (χ3v) is 3.92. The standard InChI is InChI=1S/C17H14Cl2N4O2/c1-24-17-6-12(8-22-23-10-20-21-11-23)2-5-16(17)25-9-13-3-4-14(18)7-15(13)19/h2-8,10-11H,9H2,1H3/b22-8+. The fourth-order valence-corrected chi connectivity index (χ4v) is 2.53. The number of halogens is 2. The SMILES string of the molecule is COc1cc(/C=N/n2cnnc2)ccc1OCc1ccc(Cl)cc1Cl. The largest absolute Gasteiger partial charge is 0.493 e. The number of benzene rings is 2. The van der Waals surface area contributed by atoms with E-state index in [-0.39, 0.29) is 0 Å². The van der Waals surface area contributed by atoms with E-state index in [1.807, 2.05) is 24.3 Å². The van der Waals surface area contributed by atoms with Crippen LogP contribution >= 0.6 is 23.2 Å². The molecule has 0 N–H and O–H groups in total. The van der Waals surface area contributed by atoms with Gasteiger partial charge in [-0.25, -0.2) is 4.68 Å². The van der Waals surface area contributed by atoms with E-state index in [4.69, 9.17) is 32.7 Å². The molecule has 0 aliphatic heterocycles. The molecular formula is C17H14Cl2N4O2. The van der Waals surface area contributed by atoms with Crippen LogP contribution in [0.3, 0.4) is 0 Å². The Labute approximate surface area is 154 Å². The predicted molar refractivity (Wildman–Crippen MR) is 96.8 cm³/mol. The van der Waals surface area contributed by atoms with E-state index in [1.165, 1.54) is 17.3 Å². The maximum Gasteiger partial charge on any atom is 0.161 e. The highest BCUT2D eigenvalue weighted by atomic mass is 35.5. The quantitative estimate of drug-likeness (QED) is 0.608. The number of rotatable bonds is 6. The van der Waals surface area contributed by atoms with Crippen molar-refractivity contribution in [2.24, 2.45) is 5.10 Å². The minimum Gasteiger partial charge on any atom is -0.493 e. The summed E-state index contributed by atoms with van der Waals surface area (Å²) in [6.45, 7) is 0.306. The summed E-state index contributed by atoms with van der Waals surface area (Å²) in [7, 11) is 1.58. The zero-order valence-electron chi connectivity index (χ0n) is 13.3. The molecule has 0 spiro atoms. The van der Waals surface area contributed by atoms with E-state index in [0.29, 0.717) is 28.2 Å². The molecule has 0 aliphatic carbocycles. The van der Waals surface area contributed by atoms with E-state index in [2.05, 4.69) is 15.3 Å². The van der Waals surface area contributed by atoms with Crippen LogP contribution in [0.1, 0.15) is 11.1 Å². The molecule has 0 aliphatic rings. The first kappa shape index (κ1) is 17.3. The molecule has 2 aromatic carbocycles. The second-order valence-electron chi connectivity index (χ2n) is 5.02. The molecule has 0 atom stereocenters. The number of hydrogen-bond donors (Lipinski definition) is 0. The van der Waals surface area contributed by atoms with Crippen molar-refractivity contribution in [3.8, 4) is 11.5 Å². The molecule has 1 heterocycles. The van der Waals surface area contributed by atoms with Crippen LogP contribution in [-0.2, 0) is 6.61 Å². The summed E-state index contributed by atoms with van der Waals surface area (Å²) in [5.41, 5.74) is 1.69. The predicted octanol–water partition coefficient (Wildman–Crippen LogP) is 4.05. The molecule has 128 valence electrons. The lowest BCUT2D eigenvalue weighted by atomic mass is 10.2. The Morgan fingerprint density at radius 1 is 1.08 bits per heavy atom. The first-order valence-corrected chi connectivity index (χ1v) is 8.05. The Balaban J connectivity index is 1.73. The first-order chi connectivity index (χ1) is 12.2.